The summed E-state index contributed by atoms with van der Waals surface area (Å²) in [5.74, 6) is -0.279. The molecule has 2 heterocycles. The number of imidazole rings is 1. The summed E-state index contributed by atoms with van der Waals surface area (Å²) < 4.78 is 1.68. The van der Waals surface area contributed by atoms with E-state index in [1.165, 1.54) is 6.92 Å². The molecule has 2 aromatic heterocycles. The van der Waals surface area contributed by atoms with E-state index in [0.29, 0.717) is 41.6 Å². The minimum atomic E-state index is -0.204. The van der Waals surface area contributed by atoms with Crippen molar-refractivity contribution in [3.8, 4) is 0 Å². The Bertz CT molecular complexity index is 681. The molecule has 6 nitrogen and oxygen atoms in total. The maximum Gasteiger partial charge on any atom is 0.270 e. The fraction of sp³-hybridized carbons (Fsp3) is 0.357. The van der Waals surface area contributed by atoms with Gasteiger partial charge in [-0.15, -0.1) is 0 Å². The van der Waals surface area contributed by atoms with Gasteiger partial charge in [0.05, 0.1) is 10.7 Å². The fourth-order valence-corrected chi connectivity index (χ4v) is 2.21. The van der Waals surface area contributed by atoms with Crippen LogP contribution < -0.4 is 10.6 Å². The lowest BCUT2D eigenvalue weighted by Gasteiger charge is -2.06. The highest BCUT2D eigenvalue weighted by Crippen LogP contribution is 2.16. The molecule has 2 rings (SSSR count). The van der Waals surface area contributed by atoms with Crippen LogP contribution in [0, 0.1) is 6.92 Å². The number of carbonyl (C=O) groups excluding carboxylic acids is 2. The third-order valence-corrected chi connectivity index (χ3v) is 3.21. The molecular formula is C14H17ClN4O2. The molecule has 0 spiro atoms. The quantitative estimate of drug-likeness (QED) is 0.823. The molecule has 0 aliphatic rings. The first-order valence-corrected chi connectivity index (χ1v) is 7.03. The Kier molecular flexibility index (Phi) is 4.80. The predicted octanol–water partition coefficient (Wildman–Crippen LogP) is 1.55. The number of halogens is 1. The zero-order chi connectivity index (χ0) is 15.4. The van der Waals surface area contributed by atoms with Crippen LogP contribution in [0.25, 0.3) is 5.65 Å². The molecule has 0 radical (unpaired) electrons. The summed E-state index contributed by atoms with van der Waals surface area (Å²) in [5.41, 5.74) is 1.81. The number of rotatable bonds is 5. The van der Waals surface area contributed by atoms with E-state index < -0.39 is 0 Å². The first kappa shape index (κ1) is 15.3. The number of aromatic nitrogens is 2. The molecule has 0 unspecified atom stereocenters. The molecule has 0 fully saturated rings. The first-order chi connectivity index (χ1) is 9.99. The summed E-state index contributed by atoms with van der Waals surface area (Å²) in [6, 6.07) is 3.50. The van der Waals surface area contributed by atoms with Gasteiger partial charge in [-0.25, -0.2) is 4.98 Å². The van der Waals surface area contributed by atoms with Gasteiger partial charge in [0, 0.05) is 26.2 Å². The van der Waals surface area contributed by atoms with E-state index in [-0.39, 0.29) is 11.8 Å². The number of nitrogens with one attached hydrogen (secondary N) is 2. The Morgan fingerprint density at radius 2 is 2.00 bits per heavy atom. The molecule has 0 aliphatic heterocycles. The lowest BCUT2D eigenvalue weighted by molar-refractivity contribution is -0.118. The molecule has 21 heavy (non-hydrogen) atoms. The molecule has 0 bridgehead atoms. The van der Waals surface area contributed by atoms with Crippen molar-refractivity contribution in [1.29, 1.82) is 0 Å². The molecule has 7 heteroatoms. The van der Waals surface area contributed by atoms with E-state index in [4.69, 9.17) is 11.6 Å². The molecule has 0 atom stereocenters. The van der Waals surface area contributed by atoms with Gasteiger partial charge in [0.1, 0.15) is 11.3 Å². The summed E-state index contributed by atoms with van der Waals surface area (Å²) in [6.45, 7) is 4.26. The van der Waals surface area contributed by atoms with Crippen LogP contribution in [0.4, 0.5) is 0 Å². The van der Waals surface area contributed by atoms with E-state index in [1.54, 1.807) is 29.7 Å². The van der Waals surface area contributed by atoms with Gasteiger partial charge < -0.3 is 10.6 Å². The molecule has 2 aromatic rings. The van der Waals surface area contributed by atoms with Gasteiger partial charge in [-0.05, 0) is 25.5 Å². The summed E-state index contributed by atoms with van der Waals surface area (Å²) in [5, 5.41) is 6.04. The van der Waals surface area contributed by atoms with Crippen LogP contribution in [0.5, 0.6) is 0 Å². The molecule has 2 amide bonds. The molecule has 0 saturated heterocycles. The third-order valence-electron chi connectivity index (χ3n) is 2.98. The van der Waals surface area contributed by atoms with Crippen LogP contribution >= 0.6 is 11.6 Å². The minimum Gasteiger partial charge on any atom is -0.356 e. The number of pyridine rings is 1. The second-order valence-corrected chi connectivity index (χ2v) is 5.15. The van der Waals surface area contributed by atoms with Crippen LogP contribution in [-0.4, -0.2) is 34.3 Å². The van der Waals surface area contributed by atoms with Crippen molar-refractivity contribution >= 4 is 29.1 Å². The van der Waals surface area contributed by atoms with Gasteiger partial charge in [-0.2, -0.15) is 0 Å². The number of fused-ring (bicyclic) bond motifs is 1. The standard InChI is InChI=1S/C14H17ClN4O2/c1-9-13(14(21)17-7-3-6-16-10(2)20)19-8-11(15)4-5-12(19)18-9/h4-5,8H,3,6-7H2,1-2H3,(H,16,20)(H,17,21). The zero-order valence-electron chi connectivity index (χ0n) is 11.9. The van der Waals surface area contributed by atoms with Crippen LogP contribution in [-0.2, 0) is 4.79 Å². The van der Waals surface area contributed by atoms with Crippen molar-refractivity contribution in [2.45, 2.75) is 20.3 Å². The van der Waals surface area contributed by atoms with E-state index >= 15 is 0 Å². The largest absolute Gasteiger partial charge is 0.356 e. The van der Waals surface area contributed by atoms with Crippen molar-refractivity contribution in [1.82, 2.24) is 20.0 Å². The number of hydrogen-bond acceptors (Lipinski definition) is 3. The van der Waals surface area contributed by atoms with Crippen LogP contribution in [0.15, 0.2) is 18.3 Å². The third kappa shape index (κ3) is 3.72. The highest BCUT2D eigenvalue weighted by molar-refractivity contribution is 6.30. The number of hydrogen-bond donors (Lipinski definition) is 2. The molecule has 0 aromatic carbocycles. The first-order valence-electron chi connectivity index (χ1n) is 6.66. The monoisotopic (exact) mass is 308 g/mol. The van der Waals surface area contributed by atoms with Crippen molar-refractivity contribution < 1.29 is 9.59 Å². The fourth-order valence-electron chi connectivity index (χ4n) is 2.05. The molecular weight excluding hydrogens is 292 g/mol. The van der Waals surface area contributed by atoms with E-state index in [0.717, 1.165) is 0 Å². The minimum absolute atomic E-state index is 0.0754. The van der Waals surface area contributed by atoms with Gasteiger partial charge in [0.25, 0.3) is 5.91 Å². The van der Waals surface area contributed by atoms with E-state index in [9.17, 15) is 9.59 Å². The Morgan fingerprint density at radius 3 is 2.71 bits per heavy atom. The Hall–Kier alpha value is -2.08. The Labute approximate surface area is 127 Å². The van der Waals surface area contributed by atoms with Crippen LogP contribution in [0.2, 0.25) is 5.02 Å². The average molecular weight is 309 g/mol. The Morgan fingerprint density at radius 1 is 1.29 bits per heavy atom. The average Bonchev–Trinajstić information content (AvgIpc) is 2.73. The van der Waals surface area contributed by atoms with E-state index in [1.807, 2.05) is 0 Å². The molecule has 2 N–H and O–H groups in total. The maximum absolute atomic E-state index is 12.2. The number of amides is 2. The highest BCUT2D eigenvalue weighted by Gasteiger charge is 2.16. The molecule has 112 valence electrons. The topological polar surface area (TPSA) is 75.5 Å². The number of nitrogens with zero attached hydrogens (tertiary/aromatic N) is 2. The summed E-state index contributed by atoms with van der Waals surface area (Å²) in [7, 11) is 0. The van der Waals surface area contributed by atoms with Crippen molar-refractivity contribution in [3.63, 3.8) is 0 Å². The second-order valence-electron chi connectivity index (χ2n) is 4.71. The van der Waals surface area contributed by atoms with Crippen molar-refractivity contribution in [3.05, 3.63) is 34.7 Å². The maximum atomic E-state index is 12.2. The van der Waals surface area contributed by atoms with Crippen molar-refractivity contribution in [2.24, 2.45) is 0 Å². The van der Waals surface area contributed by atoms with E-state index in [2.05, 4.69) is 15.6 Å². The van der Waals surface area contributed by atoms with Crippen molar-refractivity contribution in [2.75, 3.05) is 13.1 Å². The smallest absolute Gasteiger partial charge is 0.270 e. The van der Waals surface area contributed by atoms with Gasteiger partial charge in [0.2, 0.25) is 5.91 Å². The summed E-state index contributed by atoms with van der Waals surface area (Å²) >= 11 is 5.96. The van der Waals surface area contributed by atoms with Crippen LogP contribution in [0.3, 0.4) is 0 Å². The Balaban J connectivity index is 2.04. The molecule has 0 aliphatic carbocycles. The lowest BCUT2D eigenvalue weighted by atomic mass is 10.3. The normalized spacial score (nSPS) is 10.6. The van der Waals surface area contributed by atoms with Gasteiger partial charge in [-0.1, -0.05) is 11.6 Å². The second kappa shape index (κ2) is 6.58. The predicted molar refractivity (Wildman–Crippen MR) is 80.6 cm³/mol. The number of aryl methyl sites for hydroxylation is 1. The summed E-state index contributed by atoms with van der Waals surface area (Å²) in [4.78, 5) is 27.3. The zero-order valence-corrected chi connectivity index (χ0v) is 12.7. The SMILES string of the molecule is CC(=O)NCCCNC(=O)c1c(C)nc2ccc(Cl)cn12. The van der Waals surface area contributed by atoms with Crippen LogP contribution in [0.1, 0.15) is 29.5 Å². The van der Waals surface area contributed by atoms with Gasteiger partial charge >= 0.3 is 0 Å². The van der Waals surface area contributed by atoms with Gasteiger partial charge in [-0.3, -0.25) is 14.0 Å². The number of carbonyl (C=O) groups is 2. The van der Waals surface area contributed by atoms with Gasteiger partial charge in [0.15, 0.2) is 0 Å². The molecule has 0 saturated carbocycles. The summed E-state index contributed by atoms with van der Waals surface area (Å²) in [6.07, 6.45) is 2.34. The highest BCUT2D eigenvalue weighted by atomic mass is 35.5. The lowest BCUT2D eigenvalue weighted by Crippen LogP contribution is -2.29.